The molecule has 2 amide bonds. The van der Waals surface area contributed by atoms with Gasteiger partial charge in [0.2, 0.25) is 0 Å². The Morgan fingerprint density at radius 3 is 1.69 bits per heavy atom. The van der Waals surface area contributed by atoms with Crippen molar-refractivity contribution in [2.75, 3.05) is 37.7 Å². The van der Waals surface area contributed by atoms with Crippen LogP contribution in [0.3, 0.4) is 0 Å². The summed E-state index contributed by atoms with van der Waals surface area (Å²) >= 11 is 18.6. The molecule has 2 saturated carbocycles. The van der Waals surface area contributed by atoms with Crippen molar-refractivity contribution in [2.24, 2.45) is 17.8 Å². The average Bonchev–Trinajstić information content (AvgIpc) is 3.20. The number of carbonyl (C=O) groups is 3. The van der Waals surface area contributed by atoms with Crippen LogP contribution < -0.4 is 15.5 Å². The van der Waals surface area contributed by atoms with Gasteiger partial charge < -0.3 is 20.3 Å². The van der Waals surface area contributed by atoms with Gasteiger partial charge in [-0.05, 0) is 112 Å². The molecule has 55 heavy (non-hydrogen) atoms. The summed E-state index contributed by atoms with van der Waals surface area (Å²) < 4.78 is 5.09. The third-order valence-electron chi connectivity index (χ3n) is 11.3. The highest BCUT2D eigenvalue weighted by molar-refractivity contribution is 6.36. The average molecular weight is 809 g/mol. The van der Waals surface area contributed by atoms with Gasteiger partial charge in [0.25, 0.3) is 11.8 Å². The topological polar surface area (TPSA) is 114 Å². The van der Waals surface area contributed by atoms with Crippen LogP contribution in [0.15, 0.2) is 48.5 Å². The van der Waals surface area contributed by atoms with E-state index in [4.69, 9.17) is 44.5 Å². The fourth-order valence-corrected chi connectivity index (χ4v) is 8.87. The Morgan fingerprint density at radius 2 is 1.16 bits per heavy atom. The van der Waals surface area contributed by atoms with Crippen LogP contribution in [-0.2, 0) is 9.53 Å². The molecule has 0 bridgehead atoms. The second-order valence-electron chi connectivity index (χ2n) is 15.1. The van der Waals surface area contributed by atoms with Gasteiger partial charge in [0.05, 0.1) is 38.8 Å². The lowest BCUT2D eigenvalue weighted by Gasteiger charge is -2.32. The fourth-order valence-electron chi connectivity index (χ4n) is 8.21. The quantitative estimate of drug-likeness (QED) is 0.121. The van der Waals surface area contributed by atoms with Gasteiger partial charge in [-0.15, -0.1) is 0 Å². The smallest absolute Gasteiger partial charge is 0.306 e. The first-order valence-electron chi connectivity index (χ1n) is 20.0. The normalized spacial score (nSPS) is 17.1. The Hall–Kier alpha value is -3.66. The minimum absolute atomic E-state index is 0.106. The van der Waals surface area contributed by atoms with E-state index in [2.05, 4.69) is 20.5 Å². The Morgan fingerprint density at radius 1 is 0.655 bits per heavy atom. The number of fused-ring (bicyclic) bond motifs is 2. The first-order valence-corrected chi connectivity index (χ1v) is 21.1. The van der Waals surface area contributed by atoms with Crippen molar-refractivity contribution in [3.8, 4) is 0 Å². The Kier molecular flexibility index (Phi) is 14.9. The summed E-state index contributed by atoms with van der Waals surface area (Å²) in [7, 11) is 0. The van der Waals surface area contributed by atoms with E-state index in [1.54, 1.807) is 30.3 Å². The van der Waals surface area contributed by atoms with Crippen LogP contribution >= 0.6 is 34.8 Å². The van der Waals surface area contributed by atoms with Crippen LogP contribution in [0.2, 0.25) is 15.2 Å². The van der Waals surface area contributed by atoms with E-state index in [0.717, 1.165) is 48.0 Å². The van der Waals surface area contributed by atoms with Crippen molar-refractivity contribution in [1.82, 2.24) is 20.6 Å². The number of piperidine rings is 1. The third-order valence-corrected chi connectivity index (χ3v) is 12.1. The molecule has 2 aromatic carbocycles. The third kappa shape index (κ3) is 11.0. The highest BCUT2D eigenvalue weighted by atomic mass is 35.5. The number of amides is 2. The largest absolute Gasteiger partial charge is 0.466 e. The fraction of sp³-hybridized carbons (Fsp3) is 0.512. The van der Waals surface area contributed by atoms with E-state index in [9.17, 15) is 14.4 Å². The molecule has 4 aromatic rings. The number of hydrogen-bond donors (Lipinski definition) is 2. The predicted octanol–water partition coefficient (Wildman–Crippen LogP) is 10.2. The maximum Gasteiger partial charge on any atom is 0.306 e. The molecule has 7 rings (SSSR count). The highest BCUT2D eigenvalue weighted by Gasteiger charge is 2.24. The lowest BCUT2D eigenvalue weighted by atomic mass is 9.89. The standard InChI is InChI=1S/C26H34ClN3O3.C17H18Cl2N2O/c1-2-33-24(31)16-18-12-14-30(15-13-18)23-11-8-20-22(29-23)10-9-21(27)25(20)26(32)28-17-19-6-4-3-5-7-19;18-13-7-8-14-12(6-9-15(19)21-14)16(13)17(22)20-10-11-4-2-1-3-5-11/h8-11,18-19H,2-7,12-17H2,1H3,(H,28,32);6-9,11H,1-5,10H2,(H,20,22). The first-order chi connectivity index (χ1) is 26.7. The lowest BCUT2D eigenvalue weighted by molar-refractivity contribution is -0.144. The first kappa shape index (κ1) is 41.0. The van der Waals surface area contributed by atoms with Gasteiger partial charge in [0.1, 0.15) is 11.0 Å². The molecule has 3 fully saturated rings. The number of nitrogens with one attached hydrogen (secondary N) is 2. The molecule has 2 aliphatic carbocycles. The molecule has 294 valence electrons. The van der Waals surface area contributed by atoms with E-state index >= 15 is 0 Å². The number of halogens is 3. The van der Waals surface area contributed by atoms with Crippen molar-refractivity contribution in [1.29, 1.82) is 0 Å². The van der Waals surface area contributed by atoms with Gasteiger partial charge in [-0.3, -0.25) is 14.4 Å². The molecule has 12 heteroatoms. The van der Waals surface area contributed by atoms with Gasteiger partial charge in [-0.1, -0.05) is 73.3 Å². The molecule has 1 aliphatic heterocycles. The molecule has 2 aromatic heterocycles. The molecule has 9 nitrogen and oxygen atoms in total. The van der Waals surface area contributed by atoms with Gasteiger partial charge in [-0.25, -0.2) is 9.97 Å². The van der Waals surface area contributed by atoms with Crippen LogP contribution in [0.5, 0.6) is 0 Å². The number of hydrogen-bond acceptors (Lipinski definition) is 7. The van der Waals surface area contributed by atoms with Crippen molar-refractivity contribution >= 4 is 80.2 Å². The van der Waals surface area contributed by atoms with Crippen molar-refractivity contribution in [2.45, 2.75) is 90.4 Å². The minimum atomic E-state index is -0.134. The lowest BCUT2D eigenvalue weighted by Crippen LogP contribution is -2.35. The van der Waals surface area contributed by atoms with E-state index in [0.29, 0.717) is 75.7 Å². The van der Waals surface area contributed by atoms with E-state index in [-0.39, 0.29) is 17.8 Å². The summed E-state index contributed by atoms with van der Waals surface area (Å²) in [6.07, 6.45) is 14.8. The van der Waals surface area contributed by atoms with Gasteiger partial charge in [-0.2, -0.15) is 0 Å². The number of ether oxygens (including phenoxy) is 1. The Labute approximate surface area is 339 Å². The van der Waals surface area contributed by atoms with Crippen LogP contribution in [0.4, 0.5) is 5.82 Å². The van der Waals surface area contributed by atoms with Gasteiger partial charge >= 0.3 is 5.97 Å². The van der Waals surface area contributed by atoms with Crippen molar-refractivity contribution < 1.29 is 19.1 Å². The second-order valence-corrected chi connectivity index (χ2v) is 16.4. The zero-order valence-corrected chi connectivity index (χ0v) is 34.0. The Bertz CT molecular complexity index is 1960. The van der Waals surface area contributed by atoms with Gasteiger partial charge in [0.15, 0.2) is 0 Å². The molecule has 0 unspecified atom stereocenters. The number of carbonyl (C=O) groups excluding carboxylic acids is 3. The molecular formula is C43H52Cl3N5O4. The Balaban J connectivity index is 0.000000203. The van der Waals surface area contributed by atoms with E-state index in [1.807, 2.05) is 25.1 Å². The van der Waals surface area contributed by atoms with Crippen LogP contribution in [0, 0.1) is 17.8 Å². The number of nitrogens with zero attached hydrogens (tertiary/aromatic N) is 3. The summed E-state index contributed by atoms with van der Waals surface area (Å²) in [5.41, 5.74) is 2.45. The summed E-state index contributed by atoms with van der Waals surface area (Å²) in [5.74, 6) is 2.04. The number of aromatic nitrogens is 2. The van der Waals surface area contributed by atoms with Gasteiger partial charge in [0, 0.05) is 43.4 Å². The zero-order chi connectivity index (χ0) is 38.7. The minimum Gasteiger partial charge on any atom is -0.466 e. The maximum atomic E-state index is 13.0. The zero-order valence-electron chi connectivity index (χ0n) is 31.7. The molecule has 3 heterocycles. The summed E-state index contributed by atoms with van der Waals surface area (Å²) in [4.78, 5) is 48.7. The molecule has 0 atom stereocenters. The maximum absolute atomic E-state index is 13.0. The second kappa shape index (κ2) is 20.0. The van der Waals surface area contributed by atoms with Crippen LogP contribution in [-0.4, -0.2) is 60.5 Å². The predicted molar refractivity (Wildman–Crippen MR) is 223 cm³/mol. The number of esters is 1. The molecule has 3 aliphatic rings. The molecule has 2 N–H and O–H groups in total. The van der Waals surface area contributed by atoms with E-state index < -0.39 is 0 Å². The summed E-state index contributed by atoms with van der Waals surface area (Å²) in [6, 6.07) is 14.5. The monoisotopic (exact) mass is 807 g/mol. The number of pyridine rings is 2. The number of rotatable bonds is 10. The molecular weight excluding hydrogens is 757 g/mol. The van der Waals surface area contributed by atoms with Crippen LogP contribution in [0.25, 0.3) is 21.8 Å². The summed E-state index contributed by atoms with van der Waals surface area (Å²) in [5, 5.41) is 8.96. The van der Waals surface area contributed by atoms with Crippen molar-refractivity contribution in [3.63, 3.8) is 0 Å². The number of anilines is 1. The highest BCUT2D eigenvalue weighted by Crippen LogP contribution is 2.31. The number of benzene rings is 2. The SMILES string of the molecule is CCOC(=O)CC1CCN(c2ccc3c(C(=O)NCC4CCCCC4)c(Cl)ccc3n2)CC1.O=C(NCC1CCCCC1)c1c(Cl)ccc2nc(Cl)ccc12. The molecule has 0 radical (unpaired) electrons. The van der Waals surface area contributed by atoms with Crippen molar-refractivity contribution in [3.05, 3.63) is 74.9 Å². The summed E-state index contributed by atoms with van der Waals surface area (Å²) in [6.45, 7) is 5.40. The molecule has 0 spiro atoms. The van der Waals surface area contributed by atoms with E-state index in [1.165, 1.54) is 64.2 Å². The molecule has 1 saturated heterocycles. The van der Waals surface area contributed by atoms with Crippen LogP contribution in [0.1, 0.15) is 111 Å².